The smallest absolute Gasteiger partial charge is 0.262 e. The van der Waals surface area contributed by atoms with E-state index < -0.39 is 5.25 Å². The van der Waals surface area contributed by atoms with Crippen LogP contribution in [0.15, 0.2) is 58.5 Å². The lowest BCUT2D eigenvalue weighted by Crippen LogP contribution is -2.27. The monoisotopic (exact) mass is 469 g/mol. The van der Waals surface area contributed by atoms with E-state index in [9.17, 15) is 9.59 Å². The van der Waals surface area contributed by atoms with E-state index >= 15 is 0 Å². The highest BCUT2D eigenvalue weighted by Crippen LogP contribution is 2.24. The fourth-order valence-corrected chi connectivity index (χ4v) is 4.17. The van der Waals surface area contributed by atoms with Crippen molar-refractivity contribution in [3.8, 4) is 5.75 Å². The number of para-hydroxylation sites is 1. The number of ether oxygens (including phenoxy) is 2. The second-order valence-corrected chi connectivity index (χ2v) is 9.16. The molecule has 8 heteroatoms. The van der Waals surface area contributed by atoms with Crippen LogP contribution in [0.1, 0.15) is 34.1 Å². The van der Waals surface area contributed by atoms with Crippen molar-refractivity contribution in [2.24, 2.45) is 0 Å². The number of fused-ring (bicyclic) bond motifs is 1. The summed E-state index contributed by atoms with van der Waals surface area (Å²) < 4.78 is 12.7. The number of hydrogen-bond donors (Lipinski definition) is 1. The van der Waals surface area contributed by atoms with E-state index in [4.69, 9.17) is 14.5 Å². The Hall–Kier alpha value is -2.84. The Morgan fingerprint density at radius 3 is 2.55 bits per heavy atom. The molecule has 7 nitrogen and oxygen atoms in total. The van der Waals surface area contributed by atoms with E-state index in [1.807, 2.05) is 58.0 Å². The predicted molar refractivity (Wildman–Crippen MR) is 133 cm³/mol. The normalized spacial score (nSPS) is 12.2. The van der Waals surface area contributed by atoms with Crippen LogP contribution in [-0.2, 0) is 16.1 Å². The second-order valence-electron chi connectivity index (χ2n) is 7.85. The standard InChI is InChI=1S/C25H31N3O4S/c1-5-31-20-13-11-19(12-14-20)26-23(29)18(4)33-25-27-22-10-7-6-9-21(22)24(30)28(25)15-8-16-32-17(2)3/h6-7,9-14,17-18H,5,8,15-16H2,1-4H3,(H,26,29). The summed E-state index contributed by atoms with van der Waals surface area (Å²) in [5.41, 5.74) is 1.20. The third-order valence-corrected chi connectivity index (χ3v) is 5.98. The summed E-state index contributed by atoms with van der Waals surface area (Å²) in [6.45, 7) is 9.30. The maximum Gasteiger partial charge on any atom is 0.262 e. The predicted octanol–water partition coefficient (Wildman–Crippen LogP) is 4.73. The van der Waals surface area contributed by atoms with Crippen LogP contribution in [0.4, 0.5) is 5.69 Å². The Kier molecular flexibility index (Phi) is 8.91. The second kappa shape index (κ2) is 11.9. The maximum atomic E-state index is 13.2. The van der Waals surface area contributed by atoms with E-state index in [0.29, 0.717) is 47.9 Å². The van der Waals surface area contributed by atoms with E-state index in [1.165, 1.54) is 11.8 Å². The SMILES string of the molecule is CCOc1ccc(NC(=O)C(C)Sc2nc3ccccc3c(=O)n2CCCOC(C)C)cc1. The van der Waals surface area contributed by atoms with Crippen LogP contribution in [0.5, 0.6) is 5.75 Å². The molecule has 0 spiro atoms. The molecule has 1 atom stereocenters. The molecule has 0 aliphatic heterocycles. The van der Waals surface area contributed by atoms with E-state index in [0.717, 1.165) is 5.75 Å². The first-order valence-electron chi connectivity index (χ1n) is 11.2. The van der Waals surface area contributed by atoms with Gasteiger partial charge < -0.3 is 14.8 Å². The molecule has 0 saturated carbocycles. The van der Waals surface area contributed by atoms with Gasteiger partial charge in [0.2, 0.25) is 5.91 Å². The summed E-state index contributed by atoms with van der Waals surface area (Å²) in [6.07, 6.45) is 0.815. The van der Waals surface area contributed by atoms with Crippen LogP contribution < -0.4 is 15.6 Å². The molecule has 0 radical (unpaired) electrons. The Balaban J connectivity index is 1.77. The lowest BCUT2D eigenvalue weighted by Gasteiger charge is -2.17. The fourth-order valence-electron chi connectivity index (χ4n) is 3.23. The highest BCUT2D eigenvalue weighted by atomic mass is 32.2. The number of carbonyl (C=O) groups is 1. The summed E-state index contributed by atoms with van der Waals surface area (Å²) >= 11 is 1.28. The molecule has 1 heterocycles. The summed E-state index contributed by atoms with van der Waals surface area (Å²) in [7, 11) is 0. The summed E-state index contributed by atoms with van der Waals surface area (Å²) in [5, 5.41) is 3.55. The van der Waals surface area contributed by atoms with Crippen LogP contribution in [0.2, 0.25) is 0 Å². The average molecular weight is 470 g/mol. The number of hydrogen-bond acceptors (Lipinski definition) is 6. The van der Waals surface area contributed by atoms with E-state index in [-0.39, 0.29) is 17.6 Å². The number of aromatic nitrogens is 2. The van der Waals surface area contributed by atoms with Crippen molar-refractivity contribution in [2.45, 2.75) is 57.2 Å². The van der Waals surface area contributed by atoms with Gasteiger partial charge in [0, 0.05) is 18.8 Å². The maximum absolute atomic E-state index is 13.2. The van der Waals surface area contributed by atoms with Crippen LogP contribution in [-0.4, -0.2) is 40.0 Å². The Labute approximate surface area is 198 Å². The summed E-state index contributed by atoms with van der Waals surface area (Å²) in [4.78, 5) is 30.7. The summed E-state index contributed by atoms with van der Waals surface area (Å²) in [6, 6.07) is 14.5. The average Bonchev–Trinajstić information content (AvgIpc) is 2.79. The van der Waals surface area contributed by atoms with Gasteiger partial charge in [0.1, 0.15) is 5.75 Å². The molecule has 1 N–H and O–H groups in total. The van der Waals surface area contributed by atoms with Gasteiger partial charge in [-0.2, -0.15) is 0 Å². The third-order valence-electron chi connectivity index (χ3n) is 4.89. The molecule has 3 rings (SSSR count). The Morgan fingerprint density at radius 2 is 1.85 bits per heavy atom. The minimum atomic E-state index is -0.456. The topological polar surface area (TPSA) is 82.5 Å². The first-order chi connectivity index (χ1) is 15.9. The zero-order valence-corrected chi connectivity index (χ0v) is 20.4. The minimum Gasteiger partial charge on any atom is -0.494 e. The highest BCUT2D eigenvalue weighted by molar-refractivity contribution is 8.00. The number of anilines is 1. The van der Waals surface area contributed by atoms with Crippen LogP contribution >= 0.6 is 11.8 Å². The number of amides is 1. The van der Waals surface area contributed by atoms with Gasteiger partial charge in [-0.1, -0.05) is 23.9 Å². The summed E-state index contributed by atoms with van der Waals surface area (Å²) in [5.74, 6) is 0.588. The molecule has 0 saturated heterocycles. The highest BCUT2D eigenvalue weighted by Gasteiger charge is 2.19. The molecular weight excluding hydrogens is 438 g/mol. The molecule has 0 fully saturated rings. The van der Waals surface area contributed by atoms with Gasteiger partial charge in [-0.15, -0.1) is 0 Å². The van der Waals surface area contributed by atoms with Gasteiger partial charge in [-0.25, -0.2) is 4.98 Å². The van der Waals surface area contributed by atoms with Crippen molar-refractivity contribution in [3.63, 3.8) is 0 Å². The van der Waals surface area contributed by atoms with E-state index in [1.54, 1.807) is 22.8 Å². The number of benzene rings is 2. The third kappa shape index (κ3) is 6.82. The zero-order chi connectivity index (χ0) is 23.8. The van der Waals surface area contributed by atoms with Gasteiger partial charge in [0.15, 0.2) is 5.16 Å². The molecule has 1 amide bonds. The molecule has 2 aromatic carbocycles. The van der Waals surface area contributed by atoms with E-state index in [2.05, 4.69) is 5.32 Å². The number of rotatable bonds is 11. The number of nitrogens with zero attached hydrogens (tertiary/aromatic N) is 2. The van der Waals surface area contributed by atoms with Crippen molar-refractivity contribution < 1.29 is 14.3 Å². The molecule has 176 valence electrons. The van der Waals surface area contributed by atoms with Crippen LogP contribution in [0, 0.1) is 0 Å². The first-order valence-corrected chi connectivity index (χ1v) is 12.1. The largest absolute Gasteiger partial charge is 0.494 e. The quantitative estimate of drug-likeness (QED) is 0.248. The zero-order valence-electron chi connectivity index (χ0n) is 19.5. The lowest BCUT2D eigenvalue weighted by atomic mass is 10.2. The van der Waals surface area contributed by atoms with Gasteiger partial charge in [0.25, 0.3) is 5.56 Å². The van der Waals surface area contributed by atoms with Crippen molar-refractivity contribution in [3.05, 3.63) is 58.9 Å². The van der Waals surface area contributed by atoms with Gasteiger partial charge in [0.05, 0.1) is 28.9 Å². The molecule has 1 unspecified atom stereocenters. The lowest BCUT2D eigenvalue weighted by molar-refractivity contribution is -0.115. The van der Waals surface area contributed by atoms with Gasteiger partial charge >= 0.3 is 0 Å². The molecule has 3 aromatic rings. The van der Waals surface area contributed by atoms with Crippen molar-refractivity contribution >= 4 is 34.3 Å². The molecule has 33 heavy (non-hydrogen) atoms. The fraction of sp³-hybridized carbons (Fsp3) is 0.400. The molecular formula is C25H31N3O4S. The molecule has 0 aliphatic carbocycles. The number of thioether (sulfide) groups is 1. The number of nitrogens with one attached hydrogen (secondary N) is 1. The molecule has 0 bridgehead atoms. The van der Waals surface area contributed by atoms with Crippen molar-refractivity contribution in [1.82, 2.24) is 9.55 Å². The van der Waals surface area contributed by atoms with Crippen LogP contribution in [0.25, 0.3) is 10.9 Å². The van der Waals surface area contributed by atoms with Crippen molar-refractivity contribution in [2.75, 3.05) is 18.5 Å². The van der Waals surface area contributed by atoms with Crippen molar-refractivity contribution in [1.29, 1.82) is 0 Å². The number of carbonyl (C=O) groups excluding carboxylic acids is 1. The minimum absolute atomic E-state index is 0.105. The first kappa shape index (κ1) is 24.8. The Bertz CT molecular complexity index is 1130. The molecule has 1 aromatic heterocycles. The molecule has 0 aliphatic rings. The van der Waals surface area contributed by atoms with Gasteiger partial charge in [-0.05, 0) is 70.5 Å². The van der Waals surface area contributed by atoms with Crippen LogP contribution in [0.3, 0.4) is 0 Å². The van der Waals surface area contributed by atoms with Gasteiger partial charge in [-0.3, -0.25) is 14.2 Å². The Morgan fingerprint density at radius 1 is 1.12 bits per heavy atom.